The first-order valence-electron chi connectivity index (χ1n) is 13.1. The van der Waals surface area contributed by atoms with Gasteiger partial charge in [0, 0.05) is 0 Å². The van der Waals surface area contributed by atoms with Crippen molar-refractivity contribution in [2.24, 2.45) is 0 Å². The molecule has 0 bridgehead atoms. The third-order valence-corrected chi connectivity index (χ3v) is 8.73. The predicted octanol–water partition coefficient (Wildman–Crippen LogP) is 4.03. The molecule has 5 rings (SSSR count). The number of ether oxygens (including phenoxy) is 2. The number of allylic oxidation sites excluding steroid dienone is 1. The van der Waals surface area contributed by atoms with Crippen molar-refractivity contribution in [3.05, 3.63) is 113 Å². The molecule has 3 aromatic rings. The number of nitrogens with one attached hydrogen (secondary N) is 1. The maximum absolute atomic E-state index is 13.7. The summed E-state index contributed by atoms with van der Waals surface area (Å²) >= 11 is 0. The Balaban J connectivity index is 1.44. The van der Waals surface area contributed by atoms with Crippen LogP contribution in [0.3, 0.4) is 0 Å². The molecule has 0 radical (unpaired) electrons. The Hall–Kier alpha value is -4.65. The smallest absolute Gasteiger partial charge is 0.484 e. The number of fused-ring (bicyclic) bond motifs is 1. The lowest BCUT2D eigenvalue weighted by atomic mass is 9.86. The number of rotatable bonds is 9. The number of amides is 2. The standard InChI is InChI=1S/C30H25F3N2O7S/c31-30(32,33)43(39,40)23-17-16-22-25(34-24(36)18-41-21-14-8-3-9-15-21)28(37)35(22)26(23)29(38)42-27(19-10-4-1-5-11-19)20-12-6-2-7-13-20/h1-15,22,25,27H,16-18H2,(H,34,36)/t22-,25+/m1/s1. The quantitative estimate of drug-likeness (QED) is 0.286. The Morgan fingerprint density at radius 2 is 1.44 bits per heavy atom. The van der Waals surface area contributed by atoms with E-state index in [0.29, 0.717) is 21.8 Å². The monoisotopic (exact) mass is 614 g/mol. The van der Waals surface area contributed by atoms with E-state index in [-0.39, 0.29) is 6.42 Å². The first-order valence-corrected chi connectivity index (χ1v) is 14.6. The number of benzene rings is 3. The number of hydrogen-bond acceptors (Lipinski definition) is 7. The van der Waals surface area contributed by atoms with Crippen LogP contribution >= 0.6 is 0 Å². The van der Waals surface area contributed by atoms with Gasteiger partial charge < -0.3 is 14.8 Å². The third-order valence-electron chi connectivity index (χ3n) is 7.07. The number of esters is 1. The second kappa shape index (κ2) is 11.9. The predicted molar refractivity (Wildman–Crippen MR) is 147 cm³/mol. The average Bonchev–Trinajstić information content (AvgIpc) is 3.01. The van der Waals surface area contributed by atoms with Gasteiger partial charge in [-0.15, -0.1) is 0 Å². The topological polar surface area (TPSA) is 119 Å². The fraction of sp³-hybridized carbons (Fsp3) is 0.233. The second-order valence-corrected chi connectivity index (χ2v) is 11.8. The van der Waals surface area contributed by atoms with E-state index < -0.39 is 74.9 Å². The van der Waals surface area contributed by atoms with Crippen LogP contribution in [0.2, 0.25) is 0 Å². The van der Waals surface area contributed by atoms with E-state index >= 15 is 0 Å². The van der Waals surface area contributed by atoms with E-state index in [2.05, 4.69) is 5.32 Å². The highest BCUT2D eigenvalue weighted by molar-refractivity contribution is 7.96. The molecule has 13 heteroatoms. The lowest BCUT2D eigenvalue weighted by Crippen LogP contribution is -2.72. The third kappa shape index (κ3) is 5.98. The number of β-lactam (4-membered cyclic amide) rings is 1. The van der Waals surface area contributed by atoms with Crippen molar-refractivity contribution in [1.29, 1.82) is 0 Å². The molecule has 2 heterocycles. The van der Waals surface area contributed by atoms with Gasteiger partial charge in [-0.1, -0.05) is 78.9 Å². The van der Waals surface area contributed by atoms with E-state index in [4.69, 9.17) is 9.47 Å². The SMILES string of the molecule is O=C(COc1ccccc1)N[C@@H]1C(=O)N2C(C(=O)OC(c3ccccc3)c3ccccc3)=C(S(=O)(=O)C(F)(F)F)CC[C@H]12. The number of carbonyl (C=O) groups excluding carboxylic acids is 3. The molecule has 0 unspecified atom stereocenters. The minimum absolute atomic E-state index is 0.252. The normalized spacial score (nSPS) is 18.5. The minimum atomic E-state index is -6.01. The number of carbonyl (C=O) groups is 3. The summed E-state index contributed by atoms with van der Waals surface area (Å²) in [6.45, 7) is -0.450. The number of para-hydroxylation sites is 1. The zero-order chi connectivity index (χ0) is 30.8. The van der Waals surface area contributed by atoms with Gasteiger partial charge >= 0.3 is 11.5 Å². The van der Waals surface area contributed by atoms with Gasteiger partial charge in [-0.25, -0.2) is 13.2 Å². The summed E-state index contributed by atoms with van der Waals surface area (Å²) in [5, 5.41) is 2.47. The van der Waals surface area contributed by atoms with Crippen molar-refractivity contribution in [1.82, 2.24) is 10.2 Å². The van der Waals surface area contributed by atoms with Crippen LogP contribution in [-0.4, -0.2) is 55.3 Å². The number of nitrogens with zero attached hydrogens (tertiary/aromatic N) is 1. The molecule has 2 amide bonds. The highest BCUT2D eigenvalue weighted by Crippen LogP contribution is 2.43. The summed E-state index contributed by atoms with van der Waals surface area (Å²) in [4.78, 5) is 38.8. The molecule has 2 aliphatic rings. The summed E-state index contributed by atoms with van der Waals surface area (Å²) < 4.78 is 77.4. The summed E-state index contributed by atoms with van der Waals surface area (Å²) in [5.41, 5.74) is -5.81. The largest absolute Gasteiger partial charge is 0.501 e. The van der Waals surface area contributed by atoms with E-state index in [9.17, 15) is 36.0 Å². The maximum atomic E-state index is 13.7. The number of halogens is 3. The molecular formula is C30H25F3N2O7S. The van der Waals surface area contributed by atoms with E-state index in [1.807, 2.05) is 0 Å². The van der Waals surface area contributed by atoms with Crippen molar-refractivity contribution in [2.75, 3.05) is 6.61 Å². The van der Waals surface area contributed by atoms with Crippen LogP contribution in [-0.2, 0) is 29.0 Å². The molecule has 1 N–H and O–H groups in total. The lowest BCUT2D eigenvalue weighted by Gasteiger charge is -2.50. The number of alkyl halides is 3. The van der Waals surface area contributed by atoms with Crippen LogP contribution in [0.5, 0.6) is 5.75 Å². The van der Waals surface area contributed by atoms with Crippen LogP contribution < -0.4 is 10.1 Å². The summed E-state index contributed by atoms with van der Waals surface area (Å²) in [5.74, 6) is -2.65. The molecule has 224 valence electrons. The van der Waals surface area contributed by atoms with Gasteiger partial charge in [0.25, 0.3) is 21.7 Å². The molecule has 2 aliphatic heterocycles. The number of hydrogen-bond donors (Lipinski definition) is 1. The van der Waals surface area contributed by atoms with Gasteiger partial charge in [0.2, 0.25) is 0 Å². The Morgan fingerprint density at radius 1 is 0.907 bits per heavy atom. The maximum Gasteiger partial charge on any atom is 0.501 e. The van der Waals surface area contributed by atoms with Gasteiger partial charge in [-0.2, -0.15) is 13.2 Å². The van der Waals surface area contributed by atoms with Crippen LogP contribution in [0, 0.1) is 0 Å². The van der Waals surface area contributed by atoms with Gasteiger partial charge in [-0.3, -0.25) is 14.5 Å². The Bertz CT molecular complexity index is 1610. The Labute approximate surface area is 244 Å². The molecule has 9 nitrogen and oxygen atoms in total. The van der Waals surface area contributed by atoms with Crippen LogP contribution in [0.4, 0.5) is 13.2 Å². The summed E-state index contributed by atoms with van der Waals surface area (Å²) in [6, 6.07) is 22.8. The fourth-order valence-electron chi connectivity index (χ4n) is 5.05. The Kier molecular flexibility index (Phi) is 8.27. The highest BCUT2D eigenvalue weighted by Gasteiger charge is 2.59. The van der Waals surface area contributed by atoms with Crippen molar-refractivity contribution in [2.45, 2.75) is 36.5 Å². The molecule has 0 aromatic heterocycles. The average molecular weight is 615 g/mol. The van der Waals surface area contributed by atoms with E-state index in [1.54, 1.807) is 91.0 Å². The van der Waals surface area contributed by atoms with Crippen molar-refractivity contribution >= 4 is 27.6 Å². The minimum Gasteiger partial charge on any atom is -0.484 e. The van der Waals surface area contributed by atoms with Crippen molar-refractivity contribution in [3.8, 4) is 5.75 Å². The van der Waals surface area contributed by atoms with Crippen LogP contribution in [0.15, 0.2) is 102 Å². The molecule has 0 spiro atoms. The van der Waals surface area contributed by atoms with Crippen LogP contribution in [0.25, 0.3) is 0 Å². The molecule has 2 atom stereocenters. The summed E-state index contributed by atoms with van der Waals surface area (Å²) in [6.07, 6.45) is -2.08. The molecule has 1 fully saturated rings. The molecular weight excluding hydrogens is 589 g/mol. The molecule has 1 saturated heterocycles. The zero-order valence-electron chi connectivity index (χ0n) is 22.4. The van der Waals surface area contributed by atoms with E-state index in [1.165, 1.54) is 0 Å². The van der Waals surface area contributed by atoms with Crippen molar-refractivity contribution in [3.63, 3.8) is 0 Å². The first-order chi connectivity index (χ1) is 20.5. The van der Waals surface area contributed by atoms with Gasteiger partial charge in [0.15, 0.2) is 12.7 Å². The first kappa shape index (κ1) is 29.8. The molecule has 3 aromatic carbocycles. The van der Waals surface area contributed by atoms with Gasteiger partial charge in [-0.05, 0) is 36.1 Å². The van der Waals surface area contributed by atoms with Crippen LogP contribution in [0.1, 0.15) is 30.1 Å². The molecule has 43 heavy (non-hydrogen) atoms. The van der Waals surface area contributed by atoms with Gasteiger partial charge in [0.05, 0.1) is 10.9 Å². The number of sulfone groups is 1. The van der Waals surface area contributed by atoms with Gasteiger partial charge in [0.1, 0.15) is 17.5 Å². The molecule has 0 saturated carbocycles. The lowest BCUT2D eigenvalue weighted by molar-refractivity contribution is -0.159. The Morgan fingerprint density at radius 3 is 1.98 bits per heavy atom. The highest BCUT2D eigenvalue weighted by atomic mass is 32.2. The zero-order valence-corrected chi connectivity index (χ0v) is 23.2. The summed E-state index contributed by atoms with van der Waals surface area (Å²) in [7, 11) is -6.01. The fourth-order valence-corrected chi connectivity index (χ4v) is 6.15. The van der Waals surface area contributed by atoms with E-state index in [0.717, 1.165) is 0 Å². The molecule has 0 aliphatic carbocycles. The van der Waals surface area contributed by atoms with Crippen molar-refractivity contribution < 1.29 is 45.4 Å². The second-order valence-electron chi connectivity index (χ2n) is 9.79.